The second kappa shape index (κ2) is 37.8. The van der Waals surface area contributed by atoms with Gasteiger partial charge in [-0.3, -0.25) is 29.4 Å². The summed E-state index contributed by atoms with van der Waals surface area (Å²) < 4.78 is 76.9. The number of rotatable bonds is 44. The molecule has 1 unspecified atom stereocenters. The Balaban J connectivity index is 0.941. The largest absolute Gasteiger partial charge is 0.444 e. The third-order valence-corrected chi connectivity index (χ3v) is 9.77. The number of ether oxygens (including phenoxy) is 14. The van der Waals surface area contributed by atoms with E-state index in [1.165, 1.54) is 4.90 Å². The fourth-order valence-electron chi connectivity index (χ4n) is 6.29. The highest BCUT2D eigenvalue weighted by Crippen LogP contribution is 2.32. The number of benzene rings is 1. The van der Waals surface area contributed by atoms with E-state index < -0.39 is 35.3 Å². The van der Waals surface area contributed by atoms with Crippen LogP contribution in [0, 0.1) is 0 Å². The minimum Gasteiger partial charge on any atom is -0.444 e. The van der Waals surface area contributed by atoms with Crippen LogP contribution < -0.4 is 10.6 Å². The van der Waals surface area contributed by atoms with Gasteiger partial charge in [-0.25, -0.2) is 4.79 Å². The van der Waals surface area contributed by atoms with Crippen molar-refractivity contribution >= 4 is 35.4 Å². The average Bonchev–Trinajstić information content (AvgIpc) is 3.58. The van der Waals surface area contributed by atoms with Crippen LogP contribution in [0.1, 0.15) is 54.3 Å². The Hall–Kier alpha value is -3.95. The molecular formula is C47H78N4O19. The van der Waals surface area contributed by atoms with Crippen molar-refractivity contribution in [1.29, 1.82) is 0 Å². The Labute approximate surface area is 411 Å². The smallest absolute Gasteiger partial charge is 0.410 e. The third kappa shape index (κ3) is 27.0. The van der Waals surface area contributed by atoms with Gasteiger partial charge in [-0.15, -0.1) is 0 Å². The van der Waals surface area contributed by atoms with Crippen LogP contribution in [0.15, 0.2) is 18.2 Å². The number of carbonyl (C=O) groups excluding carboxylic acids is 5. The zero-order valence-electron chi connectivity index (χ0n) is 41.7. The first kappa shape index (κ1) is 60.4. The number of nitrogens with zero attached hydrogens (tertiary/aromatic N) is 2. The van der Waals surface area contributed by atoms with Crippen LogP contribution in [0.5, 0.6) is 0 Å². The van der Waals surface area contributed by atoms with Crippen LogP contribution in [0.4, 0.5) is 10.5 Å². The monoisotopic (exact) mass is 1000 g/mol. The van der Waals surface area contributed by atoms with Gasteiger partial charge < -0.3 is 76.5 Å². The highest BCUT2D eigenvalue weighted by atomic mass is 16.6. The molecular weight excluding hydrogens is 925 g/mol. The summed E-state index contributed by atoms with van der Waals surface area (Å²) >= 11 is 0. The second-order valence-corrected chi connectivity index (χ2v) is 16.5. The maximum absolute atomic E-state index is 13.2. The van der Waals surface area contributed by atoms with Crippen molar-refractivity contribution in [3.05, 3.63) is 29.3 Å². The Morgan fingerprint density at radius 1 is 0.571 bits per heavy atom. The molecule has 0 radical (unpaired) electrons. The maximum Gasteiger partial charge on any atom is 0.410 e. The molecule has 2 aliphatic heterocycles. The molecule has 1 fully saturated rings. The Kier molecular flexibility index (Phi) is 32.6. The molecule has 23 nitrogen and oxygen atoms in total. The summed E-state index contributed by atoms with van der Waals surface area (Å²) in [4.78, 5) is 64.3. The molecule has 1 saturated heterocycles. The zero-order valence-corrected chi connectivity index (χ0v) is 41.7. The molecule has 2 aliphatic rings. The summed E-state index contributed by atoms with van der Waals surface area (Å²) in [5.74, 6) is -2.19. The van der Waals surface area contributed by atoms with Gasteiger partial charge >= 0.3 is 6.09 Å². The normalized spacial score (nSPS) is 14.9. The van der Waals surface area contributed by atoms with Gasteiger partial charge in [-0.05, 0) is 39.3 Å². The lowest BCUT2D eigenvalue weighted by atomic mass is 10.0. The van der Waals surface area contributed by atoms with Crippen molar-refractivity contribution in [3.8, 4) is 0 Å². The Morgan fingerprint density at radius 3 is 1.31 bits per heavy atom. The summed E-state index contributed by atoms with van der Waals surface area (Å²) in [5.41, 5.74) is 0.369. The van der Waals surface area contributed by atoms with Crippen LogP contribution in [0.25, 0.3) is 0 Å². The fraction of sp³-hybridized carbons (Fsp3) is 0.766. The van der Waals surface area contributed by atoms with E-state index in [2.05, 4.69) is 10.6 Å². The molecule has 0 bridgehead atoms. The second-order valence-electron chi connectivity index (χ2n) is 16.5. The number of hydrogen-bond donors (Lipinski definition) is 2. The Morgan fingerprint density at radius 2 is 0.943 bits per heavy atom. The van der Waals surface area contributed by atoms with E-state index in [9.17, 15) is 24.0 Å². The molecule has 1 aromatic carbocycles. The van der Waals surface area contributed by atoms with E-state index in [-0.39, 0.29) is 30.1 Å². The van der Waals surface area contributed by atoms with Crippen molar-refractivity contribution in [2.75, 3.05) is 197 Å². The lowest BCUT2D eigenvalue weighted by Crippen LogP contribution is -2.54. The minimum absolute atomic E-state index is 0.0604. The molecule has 0 saturated carbocycles. The van der Waals surface area contributed by atoms with E-state index in [4.69, 9.17) is 66.3 Å². The number of carbonyl (C=O) groups is 5. The third-order valence-electron chi connectivity index (χ3n) is 9.77. The van der Waals surface area contributed by atoms with Gasteiger partial charge in [0.1, 0.15) is 11.6 Å². The molecule has 0 aliphatic carbocycles. The van der Waals surface area contributed by atoms with Crippen molar-refractivity contribution in [2.24, 2.45) is 0 Å². The van der Waals surface area contributed by atoms with E-state index in [1.54, 1.807) is 25.2 Å². The van der Waals surface area contributed by atoms with E-state index in [0.29, 0.717) is 191 Å². The molecule has 70 heavy (non-hydrogen) atoms. The van der Waals surface area contributed by atoms with Gasteiger partial charge in [0.2, 0.25) is 11.8 Å². The quantitative estimate of drug-likeness (QED) is 0.0696. The fourth-order valence-corrected chi connectivity index (χ4v) is 6.29. The van der Waals surface area contributed by atoms with Crippen LogP contribution in [0.3, 0.4) is 0 Å². The van der Waals surface area contributed by atoms with Crippen molar-refractivity contribution in [2.45, 2.75) is 45.3 Å². The maximum atomic E-state index is 13.2. The number of likely N-dealkylation sites (N-methyl/N-ethyl adjacent to an activating group) is 1. The van der Waals surface area contributed by atoms with E-state index in [0.717, 1.165) is 4.90 Å². The predicted octanol–water partition coefficient (Wildman–Crippen LogP) is 1.58. The first-order chi connectivity index (χ1) is 34.0. The van der Waals surface area contributed by atoms with Gasteiger partial charge in [0.15, 0.2) is 0 Å². The zero-order chi connectivity index (χ0) is 50.5. The highest BCUT2D eigenvalue weighted by Gasteiger charge is 2.45. The Bertz CT molecular complexity index is 1620. The number of fused-ring (bicyclic) bond motifs is 1. The molecule has 1 aromatic rings. The highest BCUT2D eigenvalue weighted by molar-refractivity contribution is 6.25. The van der Waals surface area contributed by atoms with Gasteiger partial charge in [0, 0.05) is 32.2 Å². The number of nitrogens with one attached hydrogen (secondary N) is 2. The molecule has 1 atom stereocenters. The van der Waals surface area contributed by atoms with Crippen LogP contribution in [-0.2, 0) is 75.9 Å². The number of piperidine rings is 1. The summed E-state index contributed by atoms with van der Waals surface area (Å²) in [7, 11) is 1.67. The van der Waals surface area contributed by atoms with E-state index >= 15 is 0 Å². The standard InChI is InChI=1S/C47H78N4O19/c1-47(2,3)70-46(56)50(4)11-13-58-15-17-60-19-21-62-23-25-64-27-29-66-31-33-68-35-37-69-36-34-67-32-30-65-28-26-63-24-22-61-20-18-59-16-14-57-12-10-48-39-7-5-6-38-42(39)45(55)51(44(38)54)40-8-9-41(52)49-43(40)53/h5-7,40,48H,8-37H2,1-4H3,(H,49,52,53). The molecule has 0 spiro atoms. The first-order valence-electron chi connectivity index (χ1n) is 24.0. The molecule has 5 amide bonds. The van der Waals surface area contributed by atoms with Crippen LogP contribution in [-0.4, -0.2) is 243 Å². The van der Waals surface area contributed by atoms with Crippen LogP contribution >= 0.6 is 0 Å². The molecule has 2 heterocycles. The minimum atomic E-state index is -1.02. The summed E-state index contributed by atoms with van der Waals surface area (Å²) in [6, 6.07) is 3.89. The van der Waals surface area contributed by atoms with Crippen molar-refractivity contribution in [1.82, 2.24) is 15.1 Å². The number of hydrogen-bond acceptors (Lipinski definition) is 20. The predicted molar refractivity (Wildman–Crippen MR) is 251 cm³/mol. The van der Waals surface area contributed by atoms with Gasteiger partial charge in [-0.2, -0.15) is 0 Å². The lowest BCUT2D eigenvalue weighted by Gasteiger charge is -2.27. The lowest BCUT2D eigenvalue weighted by molar-refractivity contribution is -0.136. The van der Waals surface area contributed by atoms with Crippen molar-refractivity contribution < 1.29 is 90.3 Å². The summed E-state index contributed by atoms with van der Waals surface area (Å²) in [6.45, 7) is 17.8. The SMILES string of the molecule is CN(CCOCCOCCOCCOCCOCCOCCOCCOCCOCCOCCOCCOCCOCCNc1cccc2c1C(=O)N(C1CCC(=O)NC1=O)C2=O)C(=O)OC(C)(C)C. The summed E-state index contributed by atoms with van der Waals surface area (Å²) in [6.07, 6.45) is -0.216. The molecule has 2 N–H and O–H groups in total. The first-order valence-corrected chi connectivity index (χ1v) is 24.0. The van der Waals surface area contributed by atoms with E-state index in [1.807, 2.05) is 20.8 Å². The number of imide groups is 2. The van der Waals surface area contributed by atoms with Crippen LogP contribution in [0.2, 0.25) is 0 Å². The molecule has 23 heteroatoms. The van der Waals surface area contributed by atoms with Crippen molar-refractivity contribution in [3.63, 3.8) is 0 Å². The number of anilines is 1. The summed E-state index contributed by atoms with van der Waals surface area (Å²) in [5, 5.41) is 5.33. The van der Waals surface area contributed by atoms with Gasteiger partial charge in [0.25, 0.3) is 11.8 Å². The molecule has 0 aromatic heterocycles. The van der Waals surface area contributed by atoms with Gasteiger partial charge in [0.05, 0.1) is 183 Å². The topological polar surface area (TPSA) is 245 Å². The van der Waals surface area contributed by atoms with Gasteiger partial charge in [-0.1, -0.05) is 6.07 Å². The average molecular weight is 1000 g/mol. The number of amides is 5. The molecule has 3 rings (SSSR count). The molecule has 400 valence electrons.